The Balaban J connectivity index is 2.68. The largest absolute Gasteiger partial charge is 0.485 e. The molecule has 0 atom stereocenters. The second-order valence-electron chi connectivity index (χ2n) is 5.31. The van der Waals surface area contributed by atoms with Crippen molar-refractivity contribution in [2.24, 2.45) is 0 Å². The summed E-state index contributed by atoms with van der Waals surface area (Å²) in [6.45, 7) is 10.7. The zero-order valence-electron chi connectivity index (χ0n) is 11.9. The lowest BCUT2D eigenvalue weighted by Crippen LogP contribution is -2.15. The van der Waals surface area contributed by atoms with Crippen molar-refractivity contribution in [1.29, 1.82) is 0 Å². The SMILES string of the molecule is CCCC[CH]Oc1ccc(C(C)(C)CC)cc1Cl. The molecule has 0 unspecified atom stereocenters. The molecular formula is C16H24ClO. The van der Waals surface area contributed by atoms with Crippen LogP contribution in [0.2, 0.25) is 5.02 Å². The topological polar surface area (TPSA) is 9.23 Å². The predicted molar refractivity (Wildman–Crippen MR) is 79.2 cm³/mol. The molecule has 0 aromatic heterocycles. The lowest BCUT2D eigenvalue weighted by atomic mass is 9.82. The van der Waals surface area contributed by atoms with Gasteiger partial charge in [-0.25, -0.2) is 0 Å². The van der Waals surface area contributed by atoms with Gasteiger partial charge in [-0.2, -0.15) is 0 Å². The molecule has 0 saturated heterocycles. The fraction of sp³-hybridized carbons (Fsp3) is 0.562. The number of hydrogen-bond donors (Lipinski definition) is 0. The molecule has 0 N–H and O–H groups in total. The molecule has 0 fully saturated rings. The number of ether oxygens (including phenoxy) is 1. The van der Waals surface area contributed by atoms with Crippen molar-refractivity contribution in [2.45, 2.75) is 58.8 Å². The number of benzene rings is 1. The highest BCUT2D eigenvalue weighted by molar-refractivity contribution is 6.32. The molecule has 1 aromatic carbocycles. The standard InChI is InChI=1S/C16H24ClO/c1-5-7-8-11-18-15-10-9-13(12-14(15)17)16(3,4)6-2/h9-12H,5-8H2,1-4H3. The first-order valence-corrected chi connectivity index (χ1v) is 7.17. The third-order valence-electron chi connectivity index (χ3n) is 3.48. The van der Waals surface area contributed by atoms with E-state index in [1.165, 1.54) is 12.0 Å². The Hall–Kier alpha value is -0.690. The molecule has 0 aliphatic rings. The van der Waals surface area contributed by atoms with Crippen LogP contribution in [-0.4, -0.2) is 0 Å². The zero-order valence-corrected chi connectivity index (χ0v) is 12.7. The van der Waals surface area contributed by atoms with Gasteiger partial charge < -0.3 is 4.74 Å². The maximum atomic E-state index is 6.26. The Bertz CT molecular complexity index is 371. The van der Waals surface area contributed by atoms with Gasteiger partial charge >= 0.3 is 0 Å². The molecule has 101 valence electrons. The van der Waals surface area contributed by atoms with E-state index in [-0.39, 0.29) is 5.41 Å². The Kier molecular flexibility index (Phi) is 6.01. The minimum Gasteiger partial charge on any atom is -0.485 e. The van der Waals surface area contributed by atoms with Gasteiger partial charge in [0.05, 0.1) is 5.02 Å². The van der Waals surface area contributed by atoms with E-state index in [4.69, 9.17) is 16.3 Å². The van der Waals surface area contributed by atoms with Gasteiger partial charge in [-0.1, -0.05) is 51.8 Å². The monoisotopic (exact) mass is 267 g/mol. The van der Waals surface area contributed by atoms with Crippen LogP contribution in [0.4, 0.5) is 0 Å². The Morgan fingerprint density at radius 3 is 2.56 bits per heavy atom. The van der Waals surface area contributed by atoms with Crippen molar-refractivity contribution < 1.29 is 4.74 Å². The molecule has 0 aliphatic carbocycles. The first-order valence-electron chi connectivity index (χ1n) is 6.79. The lowest BCUT2D eigenvalue weighted by molar-refractivity contribution is 0.385. The van der Waals surface area contributed by atoms with Gasteiger partial charge in [0.15, 0.2) is 0 Å². The van der Waals surface area contributed by atoms with E-state index < -0.39 is 0 Å². The normalized spacial score (nSPS) is 11.6. The molecular weight excluding hydrogens is 244 g/mol. The summed E-state index contributed by atoms with van der Waals surface area (Å²) in [5.74, 6) is 0.753. The fourth-order valence-corrected chi connectivity index (χ4v) is 1.88. The van der Waals surface area contributed by atoms with Gasteiger partial charge in [-0.15, -0.1) is 0 Å². The third-order valence-corrected chi connectivity index (χ3v) is 3.78. The van der Waals surface area contributed by atoms with E-state index in [1.54, 1.807) is 0 Å². The van der Waals surface area contributed by atoms with Gasteiger partial charge in [0.2, 0.25) is 0 Å². The van der Waals surface area contributed by atoms with Crippen LogP contribution < -0.4 is 4.74 Å². The molecule has 0 heterocycles. The average Bonchev–Trinajstić information content (AvgIpc) is 2.36. The van der Waals surface area contributed by atoms with E-state index in [9.17, 15) is 0 Å². The fourth-order valence-electron chi connectivity index (χ4n) is 1.66. The van der Waals surface area contributed by atoms with Gasteiger partial charge in [-0.05, 0) is 42.4 Å². The summed E-state index contributed by atoms with van der Waals surface area (Å²) in [7, 11) is 0. The minimum absolute atomic E-state index is 0.161. The lowest BCUT2D eigenvalue weighted by Gasteiger charge is -2.24. The second kappa shape index (κ2) is 7.04. The minimum atomic E-state index is 0.161. The number of halogens is 1. The van der Waals surface area contributed by atoms with Gasteiger partial charge in [-0.3, -0.25) is 0 Å². The van der Waals surface area contributed by atoms with Gasteiger partial charge in [0, 0.05) is 0 Å². The molecule has 0 bridgehead atoms. The van der Waals surface area contributed by atoms with Crippen LogP contribution >= 0.6 is 11.6 Å². The quantitative estimate of drug-likeness (QED) is 0.571. The first-order chi connectivity index (χ1) is 8.51. The van der Waals surface area contributed by atoms with E-state index in [0.717, 1.165) is 25.0 Å². The van der Waals surface area contributed by atoms with Crippen molar-refractivity contribution >= 4 is 11.6 Å². The van der Waals surface area contributed by atoms with Gasteiger partial charge in [0.25, 0.3) is 0 Å². The molecule has 1 aromatic rings. The molecule has 2 heteroatoms. The highest BCUT2D eigenvalue weighted by Crippen LogP contribution is 2.33. The van der Waals surface area contributed by atoms with Crippen LogP contribution in [0.3, 0.4) is 0 Å². The number of unbranched alkanes of at least 4 members (excludes halogenated alkanes) is 2. The van der Waals surface area contributed by atoms with Crippen LogP contribution in [0, 0.1) is 6.61 Å². The Morgan fingerprint density at radius 2 is 2.00 bits per heavy atom. The van der Waals surface area contributed by atoms with Crippen LogP contribution in [0.5, 0.6) is 5.75 Å². The molecule has 0 aliphatic heterocycles. The van der Waals surface area contributed by atoms with E-state index >= 15 is 0 Å². The summed E-state index contributed by atoms with van der Waals surface area (Å²) >= 11 is 6.26. The molecule has 0 spiro atoms. The van der Waals surface area contributed by atoms with Crippen molar-refractivity contribution in [1.82, 2.24) is 0 Å². The van der Waals surface area contributed by atoms with Crippen molar-refractivity contribution in [3.05, 3.63) is 35.4 Å². The molecule has 0 saturated carbocycles. The highest BCUT2D eigenvalue weighted by atomic mass is 35.5. The Morgan fingerprint density at radius 1 is 1.28 bits per heavy atom. The van der Waals surface area contributed by atoms with E-state index in [0.29, 0.717) is 5.02 Å². The van der Waals surface area contributed by atoms with Gasteiger partial charge in [0.1, 0.15) is 12.4 Å². The van der Waals surface area contributed by atoms with E-state index in [1.807, 2.05) is 18.7 Å². The zero-order chi connectivity index (χ0) is 13.6. The number of rotatable bonds is 7. The summed E-state index contributed by atoms with van der Waals surface area (Å²) in [6, 6.07) is 6.10. The summed E-state index contributed by atoms with van der Waals surface area (Å²) in [6.07, 6.45) is 4.39. The van der Waals surface area contributed by atoms with Crippen molar-refractivity contribution in [3.8, 4) is 5.75 Å². The summed E-state index contributed by atoms with van der Waals surface area (Å²) in [5, 5.41) is 0.696. The van der Waals surface area contributed by atoms with Crippen molar-refractivity contribution in [2.75, 3.05) is 0 Å². The smallest absolute Gasteiger partial charge is 0.138 e. The summed E-state index contributed by atoms with van der Waals surface area (Å²) < 4.78 is 5.58. The van der Waals surface area contributed by atoms with Crippen LogP contribution in [-0.2, 0) is 5.41 Å². The molecule has 1 radical (unpaired) electrons. The van der Waals surface area contributed by atoms with Crippen molar-refractivity contribution in [3.63, 3.8) is 0 Å². The maximum Gasteiger partial charge on any atom is 0.138 e. The van der Waals surface area contributed by atoms with E-state index in [2.05, 4.69) is 33.8 Å². The molecule has 18 heavy (non-hydrogen) atoms. The molecule has 1 rings (SSSR count). The maximum absolute atomic E-state index is 6.26. The Labute approximate surface area is 116 Å². The summed E-state index contributed by atoms with van der Waals surface area (Å²) in [4.78, 5) is 0. The highest BCUT2D eigenvalue weighted by Gasteiger charge is 2.19. The first kappa shape index (κ1) is 15.4. The third kappa shape index (κ3) is 4.20. The van der Waals surface area contributed by atoms with Crippen LogP contribution in [0.1, 0.15) is 58.9 Å². The molecule has 1 nitrogen and oxygen atoms in total. The summed E-state index contributed by atoms with van der Waals surface area (Å²) in [5.41, 5.74) is 1.42. The average molecular weight is 268 g/mol. The second-order valence-corrected chi connectivity index (χ2v) is 5.72. The van der Waals surface area contributed by atoms with Crippen LogP contribution in [0.25, 0.3) is 0 Å². The number of hydrogen-bond acceptors (Lipinski definition) is 1. The predicted octanol–water partition coefficient (Wildman–Crippen LogP) is 5.76. The molecule has 0 amide bonds. The van der Waals surface area contributed by atoms with Crippen LogP contribution in [0.15, 0.2) is 18.2 Å².